The summed E-state index contributed by atoms with van der Waals surface area (Å²) in [5.74, 6) is 2.31. The van der Waals surface area contributed by atoms with Gasteiger partial charge in [-0.05, 0) is 24.6 Å². The van der Waals surface area contributed by atoms with Gasteiger partial charge in [-0.1, -0.05) is 13.3 Å². The predicted molar refractivity (Wildman–Crippen MR) is 92.5 cm³/mol. The van der Waals surface area contributed by atoms with Gasteiger partial charge in [0.15, 0.2) is 5.65 Å². The number of imidazole rings is 1. The van der Waals surface area contributed by atoms with Gasteiger partial charge in [-0.2, -0.15) is 9.37 Å². The summed E-state index contributed by atoms with van der Waals surface area (Å²) >= 11 is 0. The van der Waals surface area contributed by atoms with Crippen LogP contribution in [0.1, 0.15) is 31.2 Å². The maximum Gasteiger partial charge on any atom is 0.310 e. The monoisotopic (exact) mass is 344 g/mol. The molecule has 0 radical (unpaired) electrons. The number of halogens is 1. The summed E-state index contributed by atoms with van der Waals surface area (Å²) in [5.41, 5.74) is 2.07. The Bertz CT molecular complexity index is 879. The topological polar surface area (TPSA) is 62.1 Å². The fourth-order valence-electron chi connectivity index (χ4n) is 2.82. The molecule has 0 amide bonds. The van der Waals surface area contributed by atoms with Gasteiger partial charge in [-0.3, -0.25) is 0 Å². The molecule has 3 aromatic rings. The van der Waals surface area contributed by atoms with Crippen LogP contribution < -0.4 is 9.47 Å². The van der Waals surface area contributed by atoms with Gasteiger partial charge < -0.3 is 14.0 Å². The third-order valence-corrected chi connectivity index (χ3v) is 4.11. The number of methoxy groups -OCH3 is 2. The highest BCUT2D eigenvalue weighted by molar-refractivity contribution is 5.70. The Morgan fingerprint density at radius 1 is 1.16 bits per heavy atom. The molecule has 0 aliphatic carbocycles. The maximum absolute atomic E-state index is 13.5. The number of benzene rings is 1. The Labute approximate surface area is 145 Å². The number of hydrogen-bond donors (Lipinski definition) is 0. The lowest BCUT2D eigenvalue weighted by Gasteiger charge is -2.12. The van der Waals surface area contributed by atoms with Crippen molar-refractivity contribution in [3.63, 3.8) is 0 Å². The van der Waals surface area contributed by atoms with Crippen molar-refractivity contribution in [1.29, 1.82) is 0 Å². The molecule has 0 spiro atoms. The molecule has 3 rings (SSSR count). The summed E-state index contributed by atoms with van der Waals surface area (Å²) in [4.78, 5) is 12.2. The van der Waals surface area contributed by atoms with Gasteiger partial charge in [0.25, 0.3) is 0 Å². The smallest absolute Gasteiger partial charge is 0.310 e. The molecule has 0 fully saturated rings. The molecule has 1 aromatic carbocycles. The van der Waals surface area contributed by atoms with Crippen LogP contribution in [0.3, 0.4) is 0 Å². The largest absolute Gasteiger partial charge is 0.497 e. The first kappa shape index (κ1) is 17.1. The summed E-state index contributed by atoms with van der Waals surface area (Å²) in [5, 5.41) is 0. The summed E-state index contributed by atoms with van der Waals surface area (Å²) in [7, 11) is 3.26. The highest BCUT2D eigenvalue weighted by Crippen LogP contribution is 2.27. The molecule has 132 valence electrons. The Morgan fingerprint density at radius 2 is 2.00 bits per heavy atom. The molecule has 25 heavy (non-hydrogen) atoms. The number of rotatable bonds is 7. The first-order valence-corrected chi connectivity index (χ1v) is 8.24. The Balaban J connectivity index is 2.06. The standard InChI is InChI=1S/C18H21FN4O2/c1-4-5-8-23-16(21-14-11-20-18(19)22-17(14)23)10-12-9-13(24-2)6-7-15(12)25-3/h6-7,9,11H,4-5,8,10H2,1-3H3. The van der Waals surface area contributed by atoms with Crippen LogP contribution in [-0.4, -0.2) is 33.7 Å². The molecule has 0 atom stereocenters. The molecule has 0 aliphatic heterocycles. The third-order valence-electron chi connectivity index (χ3n) is 4.11. The summed E-state index contributed by atoms with van der Waals surface area (Å²) in [6, 6.07) is 5.64. The third kappa shape index (κ3) is 3.55. The van der Waals surface area contributed by atoms with E-state index in [-0.39, 0.29) is 0 Å². The first-order valence-electron chi connectivity index (χ1n) is 8.24. The Morgan fingerprint density at radius 3 is 2.72 bits per heavy atom. The van der Waals surface area contributed by atoms with Crippen LogP contribution in [0, 0.1) is 6.08 Å². The van der Waals surface area contributed by atoms with Crippen molar-refractivity contribution in [2.24, 2.45) is 0 Å². The van der Waals surface area contributed by atoms with Crippen LogP contribution in [-0.2, 0) is 13.0 Å². The van der Waals surface area contributed by atoms with E-state index in [1.807, 2.05) is 22.8 Å². The molecule has 2 heterocycles. The van der Waals surface area contributed by atoms with Crippen molar-refractivity contribution in [1.82, 2.24) is 19.5 Å². The van der Waals surface area contributed by atoms with Gasteiger partial charge in [0.1, 0.15) is 22.8 Å². The number of unbranched alkanes of at least 4 members (excludes halogenated alkanes) is 1. The minimum absolute atomic E-state index is 0.526. The molecule has 6 nitrogen and oxygen atoms in total. The normalized spacial score (nSPS) is 11.0. The van der Waals surface area contributed by atoms with Gasteiger partial charge in [-0.25, -0.2) is 9.97 Å². The van der Waals surface area contributed by atoms with E-state index in [2.05, 4.69) is 21.9 Å². The van der Waals surface area contributed by atoms with Gasteiger partial charge in [0.05, 0.1) is 20.4 Å². The number of aromatic nitrogens is 4. The van der Waals surface area contributed by atoms with E-state index in [0.29, 0.717) is 17.6 Å². The highest BCUT2D eigenvalue weighted by Gasteiger charge is 2.16. The summed E-state index contributed by atoms with van der Waals surface area (Å²) in [6.45, 7) is 2.84. The molecule has 0 saturated carbocycles. The zero-order valence-electron chi connectivity index (χ0n) is 14.6. The summed E-state index contributed by atoms with van der Waals surface area (Å²) in [6.07, 6.45) is 3.19. The van der Waals surface area contributed by atoms with Crippen molar-refractivity contribution >= 4 is 11.2 Å². The average molecular weight is 344 g/mol. The lowest BCUT2D eigenvalue weighted by atomic mass is 10.1. The van der Waals surface area contributed by atoms with Crippen LogP contribution in [0.5, 0.6) is 11.5 Å². The highest BCUT2D eigenvalue weighted by atomic mass is 19.1. The van der Waals surface area contributed by atoms with Crippen molar-refractivity contribution in [2.45, 2.75) is 32.7 Å². The quantitative estimate of drug-likeness (QED) is 0.615. The molecule has 2 aromatic heterocycles. The molecular formula is C18H21FN4O2. The second-order valence-electron chi connectivity index (χ2n) is 5.74. The Hall–Kier alpha value is -2.70. The predicted octanol–water partition coefficient (Wildman–Crippen LogP) is 3.37. The van der Waals surface area contributed by atoms with Crippen molar-refractivity contribution in [3.8, 4) is 11.5 Å². The fraction of sp³-hybridized carbons (Fsp3) is 0.389. The molecular weight excluding hydrogens is 323 g/mol. The van der Waals surface area contributed by atoms with E-state index in [1.165, 1.54) is 6.20 Å². The van der Waals surface area contributed by atoms with Crippen LogP contribution >= 0.6 is 0 Å². The number of hydrogen-bond acceptors (Lipinski definition) is 5. The van der Waals surface area contributed by atoms with Gasteiger partial charge >= 0.3 is 6.08 Å². The van der Waals surface area contributed by atoms with E-state index >= 15 is 0 Å². The van der Waals surface area contributed by atoms with Crippen LogP contribution in [0.2, 0.25) is 0 Å². The number of ether oxygens (including phenoxy) is 2. The molecule has 0 aliphatic rings. The second kappa shape index (κ2) is 7.46. The zero-order chi connectivity index (χ0) is 17.8. The Kier molecular flexibility index (Phi) is 5.11. The van der Waals surface area contributed by atoms with Gasteiger partial charge in [0.2, 0.25) is 0 Å². The zero-order valence-corrected chi connectivity index (χ0v) is 14.6. The van der Waals surface area contributed by atoms with Crippen molar-refractivity contribution in [3.05, 3.63) is 41.9 Å². The first-order chi connectivity index (χ1) is 12.2. The minimum atomic E-state index is -0.740. The average Bonchev–Trinajstić information content (AvgIpc) is 2.96. The van der Waals surface area contributed by atoms with Crippen LogP contribution in [0.25, 0.3) is 11.2 Å². The molecule has 0 saturated heterocycles. The van der Waals surface area contributed by atoms with Gasteiger partial charge in [-0.15, -0.1) is 0 Å². The molecule has 0 bridgehead atoms. The second-order valence-corrected chi connectivity index (χ2v) is 5.74. The van der Waals surface area contributed by atoms with E-state index in [9.17, 15) is 4.39 Å². The SMILES string of the molecule is CCCCn1c(Cc2cc(OC)ccc2OC)nc2cnc(F)nc21. The lowest BCUT2D eigenvalue weighted by molar-refractivity contribution is 0.399. The van der Waals surface area contributed by atoms with Crippen molar-refractivity contribution < 1.29 is 13.9 Å². The van der Waals surface area contributed by atoms with E-state index in [4.69, 9.17) is 9.47 Å². The number of fused-ring (bicyclic) bond motifs is 1. The minimum Gasteiger partial charge on any atom is -0.497 e. The number of nitrogens with zero attached hydrogens (tertiary/aromatic N) is 4. The maximum atomic E-state index is 13.5. The van der Waals surface area contributed by atoms with E-state index < -0.39 is 6.08 Å². The van der Waals surface area contributed by atoms with Crippen molar-refractivity contribution in [2.75, 3.05) is 14.2 Å². The molecule has 0 N–H and O–H groups in total. The lowest BCUT2D eigenvalue weighted by Crippen LogP contribution is -2.07. The van der Waals surface area contributed by atoms with E-state index in [1.54, 1.807) is 14.2 Å². The van der Waals surface area contributed by atoms with Gasteiger partial charge in [0, 0.05) is 18.5 Å². The van der Waals surface area contributed by atoms with Crippen LogP contribution in [0.15, 0.2) is 24.4 Å². The molecule has 7 heteroatoms. The van der Waals surface area contributed by atoms with E-state index in [0.717, 1.165) is 42.3 Å². The molecule has 0 unspecified atom stereocenters. The fourth-order valence-corrected chi connectivity index (χ4v) is 2.82. The number of aryl methyl sites for hydroxylation is 1. The summed E-state index contributed by atoms with van der Waals surface area (Å²) < 4.78 is 26.2. The van der Waals surface area contributed by atoms with Crippen LogP contribution in [0.4, 0.5) is 4.39 Å².